The van der Waals surface area contributed by atoms with E-state index in [-0.39, 0.29) is 10.9 Å². The summed E-state index contributed by atoms with van der Waals surface area (Å²) in [6.07, 6.45) is 6.11. The van der Waals surface area contributed by atoms with E-state index in [0.717, 1.165) is 25.8 Å². The van der Waals surface area contributed by atoms with Crippen molar-refractivity contribution in [3.8, 4) is 11.4 Å². The van der Waals surface area contributed by atoms with E-state index in [9.17, 15) is 8.42 Å². The second-order valence-electron chi connectivity index (χ2n) is 5.79. The fourth-order valence-electron chi connectivity index (χ4n) is 2.79. The first-order chi connectivity index (χ1) is 11.6. The third-order valence-corrected chi connectivity index (χ3v) is 5.51. The summed E-state index contributed by atoms with van der Waals surface area (Å²) in [5.41, 5.74) is 0.690. The number of aromatic nitrogens is 2. The Morgan fingerprint density at radius 1 is 1.38 bits per heavy atom. The van der Waals surface area contributed by atoms with Crippen LogP contribution in [0.25, 0.3) is 5.69 Å². The predicted octanol–water partition coefficient (Wildman–Crippen LogP) is 1.30. The molecular formula is C16H22N4O3S. The number of hydrogen-bond acceptors (Lipinski definition) is 5. The van der Waals surface area contributed by atoms with Gasteiger partial charge < -0.3 is 10.1 Å². The first-order valence-electron chi connectivity index (χ1n) is 8.01. The summed E-state index contributed by atoms with van der Waals surface area (Å²) in [5.74, 6) is 0.629. The molecule has 1 aromatic carbocycles. The number of nitrogens with zero attached hydrogens (tertiary/aromatic N) is 2. The topological polar surface area (TPSA) is 85.2 Å². The van der Waals surface area contributed by atoms with Crippen LogP contribution in [0.15, 0.2) is 41.6 Å². The highest BCUT2D eigenvalue weighted by Crippen LogP contribution is 2.22. The van der Waals surface area contributed by atoms with Gasteiger partial charge in [0, 0.05) is 12.6 Å². The van der Waals surface area contributed by atoms with Gasteiger partial charge in [-0.3, -0.25) is 0 Å². The van der Waals surface area contributed by atoms with E-state index >= 15 is 0 Å². The number of para-hydroxylation sites is 2. The van der Waals surface area contributed by atoms with Gasteiger partial charge in [-0.15, -0.1) is 0 Å². The lowest BCUT2D eigenvalue weighted by Crippen LogP contribution is -2.43. The first kappa shape index (κ1) is 16.9. The van der Waals surface area contributed by atoms with Crippen molar-refractivity contribution in [3.63, 3.8) is 0 Å². The van der Waals surface area contributed by atoms with E-state index in [2.05, 4.69) is 15.1 Å². The van der Waals surface area contributed by atoms with Gasteiger partial charge in [-0.2, -0.15) is 5.10 Å². The van der Waals surface area contributed by atoms with Gasteiger partial charge in [-0.05, 0) is 31.5 Å². The molecule has 1 aliphatic rings. The maximum atomic E-state index is 12.5. The maximum Gasteiger partial charge on any atom is 0.243 e. The Morgan fingerprint density at radius 3 is 2.96 bits per heavy atom. The second-order valence-corrected chi connectivity index (χ2v) is 7.56. The highest BCUT2D eigenvalue weighted by molar-refractivity contribution is 7.89. The number of methoxy groups -OCH3 is 1. The standard InChI is InChI=1S/C16H22N4O3S/c1-23-16-8-3-2-7-15(16)20-12-14(11-18-20)24(21,22)19-10-13-6-4-5-9-17-13/h2-3,7-8,11-13,17,19H,4-6,9-10H2,1H3. The number of nitrogens with one attached hydrogen (secondary N) is 2. The fourth-order valence-corrected chi connectivity index (χ4v) is 3.80. The lowest BCUT2D eigenvalue weighted by molar-refractivity contribution is 0.398. The molecular weight excluding hydrogens is 328 g/mol. The van der Waals surface area contributed by atoms with Crippen molar-refractivity contribution in [2.24, 2.45) is 0 Å². The van der Waals surface area contributed by atoms with Gasteiger partial charge in [-0.25, -0.2) is 17.8 Å². The van der Waals surface area contributed by atoms with Crippen LogP contribution in [0.4, 0.5) is 0 Å². The first-order valence-corrected chi connectivity index (χ1v) is 9.49. The van der Waals surface area contributed by atoms with Gasteiger partial charge in [0.05, 0.1) is 19.5 Å². The summed E-state index contributed by atoms with van der Waals surface area (Å²) in [4.78, 5) is 0.143. The Labute approximate surface area is 142 Å². The van der Waals surface area contributed by atoms with Gasteiger partial charge in [-0.1, -0.05) is 18.6 Å². The zero-order valence-electron chi connectivity index (χ0n) is 13.6. The number of ether oxygens (including phenoxy) is 1. The van der Waals surface area contributed by atoms with Crippen molar-refractivity contribution in [3.05, 3.63) is 36.7 Å². The largest absolute Gasteiger partial charge is 0.494 e. The number of hydrogen-bond donors (Lipinski definition) is 2. The summed E-state index contributed by atoms with van der Waals surface area (Å²) in [6.45, 7) is 1.33. The summed E-state index contributed by atoms with van der Waals surface area (Å²) in [7, 11) is -2.01. The maximum absolute atomic E-state index is 12.5. The molecule has 1 atom stereocenters. The minimum Gasteiger partial charge on any atom is -0.494 e. The molecule has 1 fully saturated rings. The average Bonchev–Trinajstić information content (AvgIpc) is 3.12. The molecule has 0 radical (unpaired) electrons. The number of sulfonamides is 1. The molecule has 0 amide bonds. The molecule has 1 aliphatic heterocycles. The van der Waals surface area contributed by atoms with E-state index in [1.165, 1.54) is 17.1 Å². The summed E-state index contributed by atoms with van der Waals surface area (Å²) in [5, 5.41) is 7.48. The second kappa shape index (κ2) is 7.33. The minimum atomic E-state index is -3.58. The molecule has 2 heterocycles. The molecule has 3 rings (SSSR count). The Kier molecular flexibility index (Phi) is 5.17. The van der Waals surface area contributed by atoms with E-state index in [4.69, 9.17) is 4.74 Å². The van der Waals surface area contributed by atoms with Crippen LogP contribution in [0.2, 0.25) is 0 Å². The van der Waals surface area contributed by atoms with Crippen LogP contribution in [0.1, 0.15) is 19.3 Å². The number of piperidine rings is 1. The Bertz CT molecular complexity index is 782. The van der Waals surface area contributed by atoms with Gasteiger partial charge >= 0.3 is 0 Å². The molecule has 0 aliphatic carbocycles. The minimum absolute atomic E-state index is 0.143. The van der Waals surface area contributed by atoms with Crippen molar-refractivity contribution < 1.29 is 13.2 Å². The Morgan fingerprint density at radius 2 is 2.21 bits per heavy atom. The summed E-state index contributed by atoms with van der Waals surface area (Å²) < 4.78 is 34.4. The normalized spacial score (nSPS) is 18.5. The van der Waals surface area contributed by atoms with Crippen LogP contribution in [-0.2, 0) is 10.0 Å². The van der Waals surface area contributed by atoms with Crippen LogP contribution in [0.5, 0.6) is 5.75 Å². The third-order valence-electron chi connectivity index (χ3n) is 4.13. The average molecular weight is 350 g/mol. The molecule has 1 unspecified atom stereocenters. The lowest BCUT2D eigenvalue weighted by Gasteiger charge is -2.23. The van der Waals surface area contributed by atoms with Crippen LogP contribution in [0, 0.1) is 0 Å². The molecule has 7 nitrogen and oxygen atoms in total. The molecule has 130 valence electrons. The van der Waals surface area contributed by atoms with Crippen LogP contribution in [0.3, 0.4) is 0 Å². The highest BCUT2D eigenvalue weighted by Gasteiger charge is 2.20. The quantitative estimate of drug-likeness (QED) is 0.820. The molecule has 0 saturated carbocycles. The molecule has 0 bridgehead atoms. The van der Waals surface area contributed by atoms with Crippen LogP contribution < -0.4 is 14.8 Å². The molecule has 1 saturated heterocycles. The van der Waals surface area contributed by atoms with Crippen molar-refractivity contribution in [1.29, 1.82) is 0 Å². The highest BCUT2D eigenvalue weighted by atomic mass is 32.2. The number of benzene rings is 1. The molecule has 8 heteroatoms. The number of rotatable bonds is 6. The van der Waals surface area contributed by atoms with Gasteiger partial charge in [0.25, 0.3) is 0 Å². The smallest absolute Gasteiger partial charge is 0.243 e. The Hall–Kier alpha value is -1.90. The zero-order valence-corrected chi connectivity index (χ0v) is 14.4. The predicted molar refractivity (Wildman–Crippen MR) is 90.9 cm³/mol. The molecule has 2 N–H and O–H groups in total. The van der Waals surface area contributed by atoms with Crippen LogP contribution >= 0.6 is 0 Å². The van der Waals surface area contributed by atoms with Crippen molar-refractivity contribution in [2.45, 2.75) is 30.2 Å². The van der Waals surface area contributed by atoms with Gasteiger partial charge in [0.1, 0.15) is 16.3 Å². The van der Waals surface area contributed by atoms with E-state index in [1.54, 1.807) is 13.2 Å². The van der Waals surface area contributed by atoms with Crippen molar-refractivity contribution in [1.82, 2.24) is 19.8 Å². The van der Waals surface area contributed by atoms with Gasteiger partial charge in [0.15, 0.2) is 0 Å². The van der Waals surface area contributed by atoms with Crippen molar-refractivity contribution in [2.75, 3.05) is 20.2 Å². The lowest BCUT2D eigenvalue weighted by atomic mass is 10.1. The fraction of sp³-hybridized carbons (Fsp3) is 0.438. The van der Waals surface area contributed by atoms with E-state index in [1.807, 2.05) is 18.2 Å². The Balaban J connectivity index is 1.74. The summed E-state index contributed by atoms with van der Waals surface area (Å²) >= 11 is 0. The third kappa shape index (κ3) is 3.77. The summed E-state index contributed by atoms with van der Waals surface area (Å²) in [6, 6.07) is 7.51. The zero-order chi connectivity index (χ0) is 17.0. The molecule has 2 aromatic rings. The molecule has 0 spiro atoms. The van der Waals surface area contributed by atoms with Gasteiger partial charge in [0.2, 0.25) is 10.0 Å². The SMILES string of the molecule is COc1ccccc1-n1cc(S(=O)(=O)NCC2CCCCN2)cn1. The van der Waals surface area contributed by atoms with Crippen LogP contribution in [-0.4, -0.2) is 44.4 Å². The van der Waals surface area contributed by atoms with E-state index < -0.39 is 10.0 Å². The van der Waals surface area contributed by atoms with E-state index in [0.29, 0.717) is 18.0 Å². The van der Waals surface area contributed by atoms with Crippen molar-refractivity contribution >= 4 is 10.0 Å². The monoisotopic (exact) mass is 350 g/mol. The molecule has 1 aromatic heterocycles. The molecule has 24 heavy (non-hydrogen) atoms.